The van der Waals surface area contributed by atoms with Crippen LogP contribution in [-0.4, -0.2) is 20.9 Å². The first-order chi connectivity index (χ1) is 8.50. The van der Waals surface area contributed by atoms with E-state index in [1.54, 1.807) is 6.07 Å². The van der Waals surface area contributed by atoms with Crippen LogP contribution in [0, 0.1) is 0 Å². The molecule has 0 spiro atoms. The molecule has 1 N–H and O–H groups in total. The average Bonchev–Trinajstić information content (AvgIpc) is 2.64. The summed E-state index contributed by atoms with van der Waals surface area (Å²) in [7, 11) is 1.90. The predicted molar refractivity (Wildman–Crippen MR) is 76.3 cm³/mol. The van der Waals surface area contributed by atoms with E-state index in [2.05, 4.69) is 13.8 Å². The molecule has 0 unspecified atom stereocenters. The zero-order valence-corrected chi connectivity index (χ0v) is 11.6. The topological polar surface area (TPSA) is 42.2 Å². The van der Waals surface area contributed by atoms with Gasteiger partial charge in [0.1, 0.15) is 0 Å². The van der Waals surface area contributed by atoms with Crippen molar-refractivity contribution >= 4 is 28.6 Å². The number of carboxylic acid groups (broad SMARTS) is 1. The van der Waals surface area contributed by atoms with Gasteiger partial charge in [0, 0.05) is 24.4 Å². The van der Waals surface area contributed by atoms with Gasteiger partial charge in [-0.25, -0.2) is 4.79 Å². The fraction of sp³-hybridized carbons (Fsp3) is 0.357. The molecular weight excluding hydrogens is 246 g/mol. The highest BCUT2D eigenvalue weighted by Gasteiger charge is 2.14. The van der Waals surface area contributed by atoms with Crippen LogP contribution < -0.4 is 0 Å². The Balaban J connectivity index is 2.52. The van der Waals surface area contributed by atoms with Gasteiger partial charge >= 0.3 is 5.97 Å². The van der Waals surface area contributed by atoms with Crippen LogP contribution in [0.1, 0.15) is 29.8 Å². The van der Waals surface area contributed by atoms with E-state index in [1.165, 1.54) is 5.56 Å². The molecule has 0 saturated heterocycles. The summed E-state index contributed by atoms with van der Waals surface area (Å²) in [5, 5.41) is 10.8. The minimum absolute atomic E-state index is 0.371. The van der Waals surface area contributed by atoms with E-state index in [1.807, 2.05) is 41.7 Å². The molecule has 0 radical (unpaired) electrons. The number of hydrogen-bond acceptors (Lipinski definition) is 2. The second kappa shape index (κ2) is 5.06. The third-order valence-electron chi connectivity index (χ3n) is 2.89. The number of rotatable bonds is 4. The Labute approximate surface area is 111 Å². The lowest BCUT2D eigenvalue weighted by Crippen LogP contribution is -1.99. The van der Waals surface area contributed by atoms with Crippen LogP contribution >= 0.6 is 11.8 Å². The van der Waals surface area contributed by atoms with E-state index in [9.17, 15) is 9.90 Å². The Kier molecular flexibility index (Phi) is 3.66. The molecule has 2 rings (SSSR count). The van der Waals surface area contributed by atoms with Crippen LogP contribution in [0.25, 0.3) is 10.9 Å². The summed E-state index contributed by atoms with van der Waals surface area (Å²) in [5.41, 5.74) is 2.38. The zero-order chi connectivity index (χ0) is 13.3. The maximum absolute atomic E-state index is 11.2. The first-order valence-electron chi connectivity index (χ1n) is 5.92. The second-order valence-electron chi connectivity index (χ2n) is 4.63. The number of carbonyl (C=O) groups is 1. The molecule has 1 aromatic carbocycles. The number of aryl methyl sites for hydroxylation is 1. The summed E-state index contributed by atoms with van der Waals surface area (Å²) in [4.78, 5) is 11.2. The fourth-order valence-corrected chi connectivity index (χ4v) is 2.84. The normalized spacial score (nSPS) is 11.3. The molecule has 0 aliphatic carbocycles. The van der Waals surface area contributed by atoms with Crippen molar-refractivity contribution < 1.29 is 9.90 Å². The monoisotopic (exact) mass is 263 g/mol. The number of aromatic nitrogens is 1. The van der Waals surface area contributed by atoms with Crippen molar-refractivity contribution in [2.24, 2.45) is 7.05 Å². The Hall–Kier alpha value is -1.42. The van der Waals surface area contributed by atoms with Gasteiger partial charge in [-0.05, 0) is 16.9 Å². The second-order valence-corrected chi connectivity index (χ2v) is 6.20. The summed E-state index contributed by atoms with van der Waals surface area (Å²) >= 11 is 1.87. The van der Waals surface area contributed by atoms with Crippen molar-refractivity contribution in [3.8, 4) is 0 Å². The number of nitrogens with zero attached hydrogens (tertiary/aromatic N) is 1. The van der Waals surface area contributed by atoms with E-state index >= 15 is 0 Å². The molecule has 96 valence electrons. The van der Waals surface area contributed by atoms with Crippen molar-refractivity contribution in [3.63, 3.8) is 0 Å². The summed E-state index contributed by atoms with van der Waals surface area (Å²) in [6.07, 6.45) is 2.03. The molecule has 1 heterocycles. The lowest BCUT2D eigenvalue weighted by atomic mass is 10.1. The summed E-state index contributed by atoms with van der Waals surface area (Å²) in [6, 6.07) is 5.47. The predicted octanol–water partition coefficient (Wildman–Crippen LogP) is 3.52. The van der Waals surface area contributed by atoms with Gasteiger partial charge in [0.25, 0.3) is 0 Å². The molecule has 2 aromatic rings. The van der Waals surface area contributed by atoms with Crippen molar-refractivity contribution in [2.75, 3.05) is 0 Å². The van der Waals surface area contributed by atoms with Crippen molar-refractivity contribution in [1.82, 2.24) is 4.57 Å². The number of thioether (sulfide) groups is 1. The molecule has 0 aliphatic rings. The summed E-state index contributed by atoms with van der Waals surface area (Å²) in [5.74, 6) is 0.0443. The number of para-hydroxylation sites is 1. The van der Waals surface area contributed by atoms with Gasteiger partial charge in [0.05, 0.1) is 11.1 Å². The molecule has 0 bridgehead atoms. The highest BCUT2D eigenvalue weighted by Crippen LogP contribution is 2.28. The minimum atomic E-state index is -0.870. The summed E-state index contributed by atoms with van der Waals surface area (Å²) < 4.78 is 1.91. The van der Waals surface area contributed by atoms with Crippen molar-refractivity contribution in [2.45, 2.75) is 24.9 Å². The van der Waals surface area contributed by atoms with Gasteiger partial charge in [-0.15, -0.1) is 0 Å². The van der Waals surface area contributed by atoms with Gasteiger partial charge < -0.3 is 9.67 Å². The molecule has 0 atom stereocenters. The van der Waals surface area contributed by atoms with Crippen LogP contribution in [-0.2, 0) is 12.8 Å². The standard InChI is InChI=1S/C14H17NO2S/c1-9(2)18-8-10-7-15(3)13-11(10)5-4-6-12(13)14(16)17/h4-7,9H,8H2,1-3H3,(H,16,17). The largest absolute Gasteiger partial charge is 0.478 e. The third-order valence-corrected chi connectivity index (χ3v) is 4.03. The number of benzene rings is 1. The van der Waals surface area contributed by atoms with Crippen LogP contribution in [0.5, 0.6) is 0 Å². The van der Waals surface area contributed by atoms with E-state index in [0.717, 1.165) is 16.7 Å². The SMILES string of the molecule is CC(C)SCc1cn(C)c2c(C(=O)O)cccc12. The smallest absolute Gasteiger partial charge is 0.337 e. The number of hydrogen-bond donors (Lipinski definition) is 1. The highest BCUT2D eigenvalue weighted by atomic mass is 32.2. The molecule has 0 amide bonds. The molecule has 0 aliphatic heterocycles. The molecule has 4 heteroatoms. The van der Waals surface area contributed by atoms with Crippen LogP contribution in [0.4, 0.5) is 0 Å². The Bertz CT molecular complexity index is 587. The molecule has 18 heavy (non-hydrogen) atoms. The molecule has 0 saturated carbocycles. The van der Waals surface area contributed by atoms with E-state index in [4.69, 9.17) is 0 Å². The van der Waals surface area contributed by atoms with Crippen LogP contribution in [0.15, 0.2) is 24.4 Å². The first kappa shape index (κ1) is 13.0. The first-order valence-corrected chi connectivity index (χ1v) is 6.97. The Morgan fingerprint density at radius 1 is 1.44 bits per heavy atom. The van der Waals surface area contributed by atoms with Gasteiger partial charge in [-0.2, -0.15) is 11.8 Å². The van der Waals surface area contributed by atoms with Gasteiger partial charge in [0.2, 0.25) is 0 Å². The molecule has 0 fully saturated rings. The molecular formula is C14H17NO2S. The number of aromatic carboxylic acids is 1. The van der Waals surface area contributed by atoms with E-state index < -0.39 is 5.97 Å². The van der Waals surface area contributed by atoms with Crippen LogP contribution in [0.2, 0.25) is 0 Å². The minimum Gasteiger partial charge on any atom is -0.478 e. The van der Waals surface area contributed by atoms with E-state index in [-0.39, 0.29) is 0 Å². The van der Waals surface area contributed by atoms with Crippen LogP contribution in [0.3, 0.4) is 0 Å². The number of carboxylic acids is 1. The quantitative estimate of drug-likeness (QED) is 0.917. The molecule has 1 aromatic heterocycles. The van der Waals surface area contributed by atoms with Gasteiger partial charge in [-0.3, -0.25) is 0 Å². The van der Waals surface area contributed by atoms with E-state index in [0.29, 0.717) is 10.8 Å². The summed E-state index contributed by atoms with van der Waals surface area (Å²) in [6.45, 7) is 4.33. The maximum atomic E-state index is 11.2. The molecule has 3 nitrogen and oxygen atoms in total. The highest BCUT2D eigenvalue weighted by molar-refractivity contribution is 7.99. The lowest BCUT2D eigenvalue weighted by Gasteiger charge is -2.03. The maximum Gasteiger partial charge on any atom is 0.337 e. The number of fused-ring (bicyclic) bond motifs is 1. The lowest BCUT2D eigenvalue weighted by molar-refractivity contribution is 0.0698. The van der Waals surface area contributed by atoms with Crippen molar-refractivity contribution in [3.05, 3.63) is 35.5 Å². The Morgan fingerprint density at radius 2 is 2.17 bits per heavy atom. The average molecular weight is 263 g/mol. The third kappa shape index (κ3) is 2.38. The van der Waals surface area contributed by atoms with Gasteiger partial charge in [0.15, 0.2) is 0 Å². The Morgan fingerprint density at radius 3 is 2.78 bits per heavy atom. The fourth-order valence-electron chi connectivity index (χ4n) is 2.09. The zero-order valence-electron chi connectivity index (χ0n) is 10.8. The van der Waals surface area contributed by atoms with Gasteiger partial charge in [-0.1, -0.05) is 26.0 Å². The van der Waals surface area contributed by atoms with Crippen molar-refractivity contribution in [1.29, 1.82) is 0 Å².